The quantitative estimate of drug-likeness (QED) is 0.596. The first-order valence-electron chi connectivity index (χ1n) is 5.12. The fraction of sp³-hybridized carbons (Fsp3) is 1.00. The highest BCUT2D eigenvalue weighted by molar-refractivity contribution is 7.87. The fourth-order valence-corrected chi connectivity index (χ4v) is 2.75. The van der Waals surface area contributed by atoms with Crippen LogP contribution in [0.25, 0.3) is 0 Å². The zero-order valence-corrected chi connectivity index (χ0v) is 9.44. The summed E-state index contributed by atoms with van der Waals surface area (Å²) in [5, 5.41) is 3.07. The van der Waals surface area contributed by atoms with Crippen molar-refractivity contribution < 1.29 is 8.42 Å². The van der Waals surface area contributed by atoms with Gasteiger partial charge in [-0.1, -0.05) is 6.92 Å². The van der Waals surface area contributed by atoms with Crippen LogP contribution in [0.5, 0.6) is 0 Å². The third kappa shape index (κ3) is 3.53. The number of hydrogen-bond donors (Lipinski definition) is 2. The lowest BCUT2D eigenvalue weighted by Crippen LogP contribution is -2.41. The van der Waals surface area contributed by atoms with Gasteiger partial charge >= 0.3 is 0 Å². The standard InChI is InChI=1S/C8H19N3O2S/c1-2-9-5-6-10-14(12,13)11-7-3-4-8-11/h9-10H,2-8H2,1H3. The molecule has 2 N–H and O–H groups in total. The summed E-state index contributed by atoms with van der Waals surface area (Å²) in [4.78, 5) is 0. The first-order chi connectivity index (χ1) is 6.67. The van der Waals surface area contributed by atoms with Crippen molar-refractivity contribution >= 4 is 10.2 Å². The summed E-state index contributed by atoms with van der Waals surface area (Å²) < 4.78 is 27.3. The lowest BCUT2D eigenvalue weighted by Gasteiger charge is -2.15. The van der Waals surface area contributed by atoms with Crippen molar-refractivity contribution in [1.29, 1.82) is 0 Å². The van der Waals surface area contributed by atoms with Gasteiger partial charge in [0, 0.05) is 26.2 Å². The average molecular weight is 221 g/mol. The van der Waals surface area contributed by atoms with E-state index >= 15 is 0 Å². The molecule has 1 heterocycles. The Balaban J connectivity index is 2.26. The molecule has 1 aliphatic rings. The molecule has 1 fully saturated rings. The molecule has 0 amide bonds. The highest BCUT2D eigenvalue weighted by atomic mass is 32.2. The van der Waals surface area contributed by atoms with Crippen LogP contribution in [-0.2, 0) is 10.2 Å². The molecule has 0 radical (unpaired) electrons. The van der Waals surface area contributed by atoms with Crippen LogP contribution < -0.4 is 10.0 Å². The van der Waals surface area contributed by atoms with Crippen LogP contribution in [0.2, 0.25) is 0 Å². The summed E-state index contributed by atoms with van der Waals surface area (Å²) in [6, 6.07) is 0. The maximum atomic E-state index is 11.6. The average Bonchev–Trinajstić information content (AvgIpc) is 2.65. The Bertz CT molecular complexity index is 247. The summed E-state index contributed by atoms with van der Waals surface area (Å²) in [6.45, 7) is 5.34. The SMILES string of the molecule is CCNCCNS(=O)(=O)N1CCCC1. The molecule has 14 heavy (non-hydrogen) atoms. The molecule has 84 valence electrons. The molecule has 0 aromatic heterocycles. The molecule has 5 nitrogen and oxygen atoms in total. The van der Waals surface area contributed by atoms with Crippen LogP contribution in [0.3, 0.4) is 0 Å². The Morgan fingerprint density at radius 2 is 1.86 bits per heavy atom. The molecule has 0 aromatic rings. The topological polar surface area (TPSA) is 61.4 Å². The number of hydrogen-bond acceptors (Lipinski definition) is 3. The highest BCUT2D eigenvalue weighted by Crippen LogP contribution is 2.10. The lowest BCUT2D eigenvalue weighted by atomic mass is 10.4. The smallest absolute Gasteiger partial charge is 0.279 e. The van der Waals surface area contributed by atoms with Gasteiger partial charge in [-0.3, -0.25) is 0 Å². The monoisotopic (exact) mass is 221 g/mol. The van der Waals surface area contributed by atoms with Gasteiger partial charge in [0.05, 0.1) is 0 Å². The van der Waals surface area contributed by atoms with Crippen LogP contribution in [0.15, 0.2) is 0 Å². The van der Waals surface area contributed by atoms with Crippen molar-refractivity contribution in [2.45, 2.75) is 19.8 Å². The van der Waals surface area contributed by atoms with E-state index in [4.69, 9.17) is 0 Å². The van der Waals surface area contributed by atoms with Crippen molar-refractivity contribution in [2.75, 3.05) is 32.7 Å². The summed E-state index contributed by atoms with van der Waals surface area (Å²) >= 11 is 0. The number of nitrogens with zero attached hydrogens (tertiary/aromatic N) is 1. The molecule has 0 aliphatic carbocycles. The Morgan fingerprint density at radius 1 is 1.21 bits per heavy atom. The second-order valence-electron chi connectivity index (χ2n) is 3.36. The van der Waals surface area contributed by atoms with Gasteiger partial charge in [0.1, 0.15) is 0 Å². The molecule has 0 bridgehead atoms. The van der Waals surface area contributed by atoms with E-state index in [2.05, 4.69) is 10.0 Å². The van der Waals surface area contributed by atoms with Gasteiger partial charge in [-0.15, -0.1) is 0 Å². The van der Waals surface area contributed by atoms with Gasteiger partial charge in [0.15, 0.2) is 0 Å². The van der Waals surface area contributed by atoms with Crippen LogP contribution >= 0.6 is 0 Å². The molecule has 0 unspecified atom stereocenters. The number of nitrogens with one attached hydrogen (secondary N) is 2. The van der Waals surface area contributed by atoms with Gasteiger partial charge in [0.2, 0.25) is 0 Å². The second-order valence-corrected chi connectivity index (χ2v) is 5.11. The normalized spacial score (nSPS) is 18.9. The third-order valence-corrected chi connectivity index (χ3v) is 3.86. The molecule has 0 atom stereocenters. The molecule has 1 saturated heterocycles. The zero-order chi connectivity index (χ0) is 10.4. The van der Waals surface area contributed by atoms with Crippen molar-refractivity contribution in [3.8, 4) is 0 Å². The Hall–Kier alpha value is -0.170. The number of rotatable bonds is 6. The van der Waals surface area contributed by atoms with E-state index in [0.29, 0.717) is 26.2 Å². The van der Waals surface area contributed by atoms with E-state index < -0.39 is 10.2 Å². The maximum absolute atomic E-state index is 11.6. The summed E-state index contributed by atoms with van der Waals surface area (Å²) in [5.41, 5.74) is 0. The molecular formula is C8H19N3O2S. The number of likely N-dealkylation sites (N-methyl/N-ethyl adjacent to an activating group) is 1. The minimum Gasteiger partial charge on any atom is -0.316 e. The van der Waals surface area contributed by atoms with Crippen molar-refractivity contribution in [1.82, 2.24) is 14.3 Å². The summed E-state index contributed by atoms with van der Waals surface area (Å²) in [6.07, 6.45) is 1.96. The van der Waals surface area contributed by atoms with E-state index in [-0.39, 0.29) is 0 Å². The molecule has 0 aromatic carbocycles. The molecule has 6 heteroatoms. The van der Waals surface area contributed by atoms with Gasteiger partial charge in [-0.2, -0.15) is 12.7 Å². The first kappa shape index (κ1) is 11.9. The Kier molecular flexibility index (Phi) is 4.80. The van der Waals surface area contributed by atoms with Gasteiger partial charge < -0.3 is 5.32 Å². The minimum absolute atomic E-state index is 0.465. The summed E-state index contributed by atoms with van der Waals surface area (Å²) in [5.74, 6) is 0. The predicted octanol–water partition coefficient (Wildman–Crippen LogP) is -0.474. The van der Waals surface area contributed by atoms with Crippen LogP contribution in [0.4, 0.5) is 0 Å². The van der Waals surface area contributed by atoms with Gasteiger partial charge in [-0.05, 0) is 19.4 Å². The largest absolute Gasteiger partial charge is 0.316 e. The second kappa shape index (κ2) is 5.65. The van der Waals surface area contributed by atoms with Crippen molar-refractivity contribution in [3.63, 3.8) is 0 Å². The van der Waals surface area contributed by atoms with E-state index in [9.17, 15) is 8.42 Å². The predicted molar refractivity (Wildman–Crippen MR) is 56.3 cm³/mol. The molecule has 1 aliphatic heterocycles. The van der Waals surface area contributed by atoms with E-state index in [1.807, 2.05) is 6.92 Å². The molecular weight excluding hydrogens is 202 g/mol. The van der Waals surface area contributed by atoms with Crippen LogP contribution in [-0.4, -0.2) is 45.4 Å². The molecule has 1 rings (SSSR count). The van der Waals surface area contributed by atoms with E-state index in [0.717, 1.165) is 19.4 Å². The third-order valence-electron chi connectivity index (χ3n) is 2.24. The molecule has 0 spiro atoms. The first-order valence-corrected chi connectivity index (χ1v) is 6.56. The van der Waals surface area contributed by atoms with E-state index in [1.54, 1.807) is 0 Å². The minimum atomic E-state index is -3.20. The van der Waals surface area contributed by atoms with Gasteiger partial charge in [0.25, 0.3) is 10.2 Å². The van der Waals surface area contributed by atoms with Crippen molar-refractivity contribution in [2.24, 2.45) is 0 Å². The highest BCUT2D eigenvalue weighted by Gasteiger charge is 2.24. The Labute approximate surface area is 86.0 Å². The fourth-order valence-electron chi connectivity index (χ4n) is 1.46. The summed E-state index contributed by atoms with van der Waals surface area (Å²) in [7, 11) is -3.20. The van der Waals surface area contributed by atoms with Crippen LogP contribution in [0, 0.1) is 0 Å². The van der Waals surface area contributed by atoms with Crippen molar-refractivity contribution in [3.05, 3.63) is 0 Å². The Morgan fingerprint density at radius 3 is 2.43 bits per heavy atom. The van der Waals surface area contributed by atoms with Gasteiger partial charge in [-0.25, -0.2) is 4.72 Å². The van der Waals surface area contributed by atoms with Crippen LogP contribution in [0.1, 0.15) is 19.8 Å². The molecule has 0 saturated carbocycles. The lowest BCUT2D eigenvalue weighted by molar-refractivity contribution is 0.464. The van der Waals surface area contributed by atoms with E-state index in [1.165, 1.54) is 4.31 Å². The maximum Gasteiger partial charge on any atom is 0.279 e. The zero-order valence-electron chi connectivity index (χ0n) is 8.62.